The number of rotatable bonds is 7. The number of nitrogens with zero attached hydrogens (tertiary/aromatic N) is 3. The molecule has 1 N–H and O–H groups in total. The van der Waals surface area contributed by atoms with E-state index in [0.29, 0.717) is 17.5 Å². The number of anilines is 1. The van der Waals surface area contributed by atoms with E-state index in [4.69, 9.17) is 11.6 Å². The lowest BCUT2D eigenvalue weighted by atomic mass is 9.98. The van der Waals surface area contributed by atoms with Gasteiger partial charge in [0.1, 0.15) is 0 Å². The van der Waals surface area contributed by atoms with E-state index in [9.17, 15) is 4.79 Å². The summed E-state index contributed by atoms with van der Waals surface area (Å²) in [5.41, 5.74) is 4.06. The molecule has 0 saturated heterocycles. The molecule has 0 unspecified atom stereocenters. The number of benzene rings is 2. The van der Waals surface area contributed by atoms with Crippen LogP contribution in [0.15, 0.2) is 47.6 Å². The molecule has 0 atom stereocenters. The highest BCUT2D eigenvalue weighted by molar-refractivity contribution is 7.99. The number of carbonyl (C=O) groups is 1. The lowest BCUT2D eigenvalue weighted by Gasteiger charge is -2.16. The van der Waals surface area contributed by atoms with Gasteiger partial charge in [0.25, 0.3) is 0 Å². The minimum absolute atomic E-state index is 0.0510. The minimum Gasteiger partial charge on any atom is -0.325 e. The van der Waals surface area contributed by atoms with E-state index in [1.807, 2.05) is 54.8 Å². The summed E-state index contributed by atoms with van der Waals surface area (Å²) >= 11 is 7.37. The van der Waals surface area contributed by atoms with Gasteiger partial charge >= 0.3 is 0 Å². The van der Waals surface area contributed by atoms with Gasteiger partial charge < -0.3 is 9.88 Å². The fraction of sp³-hybridized carbons (Fsp3) is 0.318. The van der Waals surface area contributed by atoms with Crippen LogP contribution >= 0.6 is 23.4 Å². The third-order valence-corrected chi connectivity index (χ3v) is 5.88. The molecular formula is C22H25ClN4OS. The van der Waals surface area contributed by atoms with Crippen LogP contribution in [0.25, 0.3) is 11.4 Å². The molecular weight excluding hydrogens is 404 g/mol. The summed E-state index contributed by atoms with van der Waals surface area (Å²) in [5, 5.41) is 13.1. The Balaban J connectivity index is 1.72. The highest BCUT2D eigenvalue weighted by Crippen LogP contribution is 2.28. The number of aromatic nitrogens is 3. The first-order valence-corrected chi connectivity index (χ1v) is 11.0. The standard InChI is InChI=1S/C22H25ClN4OS/c1-5-27-21(16-9-11-17(23)12-10-16)25-26-22(27)29-13-19(28)24-20-15(4)7-6-8-18(20)14(2)3/h6-12,14H,5,13H2,1-4H3,(H,24,28). The quantitative estimate of drug-likeness (QED) is 0.484. The molecule has 0 spiro atoms. The zero-order valence-corrected chi connectivity index (χ0v) is 18.6. The largest absolute Gasteiger partial charge is 0.325 e. The smallest absolute Gasteiger partial charge is 0.234 e. The van der Waals surface area contributed by atoms with Gasteiger partial charge in [-0.1, -0.05) is 55.4 Å². The molecule has 0 fully saturated rings. The van der Waals surface area contributed by atoms with Gasteiger partial charge in [-0.05, 0) is 55.2 Å². The highest BCUT2D eigenvalue weighted by atomic mass is 35.5. The van der Waals surface area contributed by atoms with Crippen molar-refractivity contribution < 1.29 is 4.79 Å². The van der Waals surface area contributed by atoms with Crippen LogP contribution < -0.4 is 5.32 Å². The van der Waals surface area contributed by atoms with Crippen molar-refractivity contribution in [2.24, 2.45) is 0 Å². The van der Waals surface area contributed by atoms with Crippen LogP contribution in [0.1, 0.15) is 37.8 Å². The second-order valence-corrected chi connectivity index (χ2v) is 8.47. The van der Waals surface area contributed by atoms with E-state index >= 15 is 0 Å². The summed E-state index contributed by atoms with van der Waals surface area (Å²) in [6.07, 6.45) is 0. The third kappa shape index (κ3) is 5.00. The van der Waals surface area contributed by atoms with Crippen molar-refractivity contribution in [2.75, 3.05) is 11.1 Å². The van der Waals surface area contributed by atoms with Gasteiger partial charge in [0.05, 0.1) is 5.75 Å². The maximum Gasteiger partial charge on any atom is 0.234 e. The topological polar surface area (TPSA) is 59.8 Å². The molecule has 7 heteroatoms. The number of nitrogens with one attached hydrogen (secondary N) is 1. The van der Waals surface area contributed by atoms with Crippen LogP contribution in [0, 0.1) is 6.92 Å². The maximum atomic E-state index is 12.6. The second kappa shape index (κ2) is 9.46. The summed E-state index contributed by atoms with van der Waals surface area (Å²) in [5.74, 6) is 1.32. The Hall–Kier alpha value is -2.31. The van der Waals surface area contributed by atoms with Crippen LogP contribution in [0.5, 0.6) is 0 Å². The minimum atomic E-state index is -0.0510. The van der Waals surface area contributed by atoms with Crippen LogP contribution in [-0.4, -0.2) is 26.4 Å². The van der Waals surface area contributed by atoms with E-state index in [-0.39, 0.29) is 11.7 Å². The molecule has 1 aromatic heterocycles. The van der Waals surface area contributed by atoms with Gasteiger partial charge in [-0.3, -0.25) is 4.79 Å². The summed E-state index contributed by atoms with van der Waals surface area (Å²) in [7, 11) is 0. The predicted octanol–water partition coefficient (Wildman–Crippen LogP) is 5.78. The maximum absolute atomic E-state index is 12.6. The average Bonchev–Trinajstić information content (AvgIpc) is 3.11. The Bertz CT molecular complexity index is 999. The summed E-state index contributed by atoms with van der Waals surface area (Å²) in [6, 6.07) is 13.6. The molecule has 2 aromatic carbocycles. The molecule has 5 nitrogen and oxygen atoms in total. The molecule has 0 bridgehead atoms. The van der Waals surface area contributed by atoms with Gasteiger partial charge in [0.15, 0.2) is 11.0 Å². The van der Waals surface area contributed by atoms with Crippen LogP contribution in [0.3, 0.4) is 0 Å². The first kappa shape index (κ1) is 21.4. The molecule has 0 aliphatic heterocycles. The molecule has 1 heterocycles. The number of para-hydroxylation sites is 1. The first-order chi connectivity index (χ1) is 13.9. The fourth-order valence-corrected chi connectivity index (χ4v) is 4.07. The second-order valence-electron chi connectivity index (χ2n) is 7.09. The van der Waals surface area contributed by atoms with E-state index in [1.165, 1.54) is 11.8 Å². The van der Waals surface area contributed by atoms with Gasteiger partial charge in [0, 0.05) is 22.8 Å². The van der Waals surface area contributed by atoms with Crippen molar-refractivity contribution in [3.8, 4) is 11.4 Å². The van der Waals surface area contributed by atoms with Crippen molar-refractivity contribution >= 4 is 35.0 Å². The normalized spacial score (nSPS) is 11.1. The van der Waals surface area contributed by atoms with Gasteiger partial charge in [-0.2, -0.15) is 0 Å². The van der Waals surface area contributed by atoms with Gasteiger partial charge in [0.2, 0.25) is 5.91 Å². The SMILES string of the molecule is CCn1c(SCC(=O)Nc2c(C)cccc2C(C)C)nnc1-c1ccc(Cl)cc1. The molecule has 0 aliphatic rings. The zero-order valence-electron chi connectivity index (χ0n) is 17.1. The molecule has 3 aromatic rings. The van der Waals surface area contributed by atoms with E-state index in [0.717, 1.165) is 33.4 Å². The number of amides is 1. The molecule has 0 radical (unpaired) electrons. The van der Waals surface area contributed by atoms with Crippen molar-refractivity contribution in [3.63, 3.8) is 0 Å². The van der Waals surface area contributed by atoms with E-state index in [1.54, 1.807) is 0 Å². The van der Waals surface area contributed by atoms with Crippen molar-refractivity contribution in [1.82, 2.24) is 14.8 Å². The Morgan fingerprint density at radius 1 is 1.17 bits per heavy atom. The Morgan fingerprint density at radius 2 is 1.90 bits per heavy atom. The molecule has 3 rings (SSSR count). The molecule has 1 amide bonds. The monoisotopic (exact) mass is 428 g/mol. The average molecular weight is 429 g/mol. The molecule has 0 aliphatic carbocycles. The van der Waals surface area contributed by atoms with Crippen molar-refractivity contribution in [2.45, 2.75) is 45.3 Å². The Kier molecular flexibility index (Phi) is 6.98. The number of hydrogen-bond acceptors (Lipinski definition) is 4. The molecule has 29 heavy (non-hydrogen) atoms. The van der Waals surface area contributed by atoms with E-state index in [2.05, 4.69) is 35.4 Å². The van der Waals surface area contributed by atoms with E-state index < -0.39 is 0 Å². The number of halogens is 1. The van der Waals surface area contributed by atoms with Crippen molar-refractivity contribution in [1.29, 1.82) is 0 Å². The Morgan fingerprint density at radius 3 is 2.55 bits per heavy atom. The van der Waals surface area contributed by atoms with Gasteiger partial charge in [-0.15, -0.1) is 10.2 Å². The predicted molar refractivity (Wildman–Crippen MR) is 121 cm³/mol. The number of carbonyl (C=O) groups excluding carboxylic acids is 1. The summed E-state index contributed by atoms with van der Waals surface area (Å²) < 4.78 is 2.01. The van der Waals surface area contributed by atoms with Crippen molar-refractivity contribution in [3.05, 3.63) is 58.6 Å². The molecule has 0 saturated carbocycles. The fourth-order valence-electron chi connectivity index (χ4n) is 3.14. The third-order valence-electron chi connectivity index (χ3n) is 4.66. The lowest BCUT2D eigenvalue weighted by Crippen LogP contribution is -2.17. The molecule has 152 valence electrons. The lowest BCUT2D eigenvalue weighted by molar-refractivity contribution is -0.113. The zero-order chi connectivity index (χ0) is 21.0. The number of thioether (sulfide) groups is 1. The summed E-state index contributed by atoms with van der Waals surface area (Å²) in [4.78, 5) is 12.6. The summed E-state index contributed by atoms with van der Waals surface area (Å²) in [6.45, 7) is 9.02. The highest BCUT2D eigenvalue weighted by Gasteiger charge is 2.16. The number of hydrogen-bond donors (Lipinski definition) is 1. The van der Waals surface area contributed by atoms with Gasteiger partial charge in [-0.25, -0.2) is 0 Å². The van der Waals surface area contributed by atoms with Crippen LogP contribution in [0.4, 0.5) is 5.69 Å². The Labute approximate surface area is 180 Å². The first-order valence-electron chi connectivity index (χ1n) is 9.62. The van der Waals surface area contributed by atoms with Crippen LogP contribution in [0.2, 0.25) is 5.02 Å². The van der Waals surface area contributed by atoms with Crippen LogP contribution in [-0.2, 0) is 11.3 Å². The number of aryl methyl sites for hydroxylation is 1.